The van der Waals surface area contributed by atoms with Crippen LogP contribution in [0.3, 0.4) is 0 Å². The number of nitrogens with zero attached hydrogens (tertiary/aromatic N) is 4. The lowest BCUT2D eigenvalue weighted by atomic mass is 10.1. The summed E-state index contributed by atoms with van der Waals surface area (Å²) in [6.45, 7) is 0. The maximum absolute atomic E-state index is 11.2. The fourth-order valence-electron chi connectivity index (χ4n) is 1.81. The summed E-state index contributed by atoms with van der Waals surface area (Å²) >= 11 is 0. The molecule has 0 radical (unpaired) electrons. The van der Waals surface area contributed by atoms with E-state index in [4.69, 9.17) is 4.42 Å². The van der Waals surface area contributed by atoms with Crippen molar-refractivity contribution in [1.29, 1.82) is 0 Å². The Morgan fingerprint density at radius 2 is 2.18 bits per heavy atom. The van der Waals surface area contributed by atoms with Gasteiger partial charge in [-0.1, -0.05) is 23.3 Å². The molecule has 3 rings (SSSR count). The molecule has 0 saturated carbocycles. The molecule has 0 aliphatic heterocycles. The highest BCUT2D eigenvalue weighted by Crippen LogP contribution is 2.25. The number of carboxylic acid groups (broad SMARTS) is 1. The van der Waals surface area contributed by atoms with Crippen molar-refractivity contribution in [2.45, 2.75) is 0 Å². The Balaban J connectivity index is 1.79. The molecule has 0 spiro atoms. The Bertz CT molecular complexity index is 809. The van der Waals surface area contributed by atoms with Crippen LogP contribution in [0.1, 0.15) is 16.1 Å². The summed E-state index contributed by atoms with van der Waals surface area (Å²) < 4.78 is 5.56. The number of nitrogens with one attached hydrogen (secondary N) is 2. The van der Waals surface area contributed by atoms with Crippen molar-refractivity contribution >= 4 is 18.1 Å². The molecule has 3 N–H and O–H groups in total. The lowest BCUT2D eigenvalue weighted by molar-refractivity contribution is 0.0697. The first-order valence-electron chi connectivity index (χ1n) is 6.19. The van der Waals surface area contributed by atoms with Gasteiger partial charge in [0.1, 0.15) is 11.5 Å². The van der Waals surface area contributed by atoms with Crippen molar-refractivity contribution in [2.24, 2.45) is 5.10 Å². The highest BCUT2D eigenvalue weighted by Gasteiger charge is 2.13. The number of aromatic nitrogens is 4. The van der Waals surface area contributed by atoms with Gasteiger partial charge in [0.05, 0.1) is 11.8 Å². The average Bonchev–Trinajstić information content (AvgIpc) is 3.19. The monoisotopic (exact) mass is 298 g/mol. The molecule has 0 fully saturated rings. The smallest absolute Gasteiger partial charge is 0.336 e. The number of benzene rings is 1. The number of aromatic amines is 1. The molecule has 0 aliphatic carbocycles. The molecule has 3 aromatic rings. The van der Waals surface area contributed by atoms with Gasteiger partial charge in [-0.25, -0.2) is 10.2 Å². The highest BCUT2D eigenvalue weighted by atomic mass is 16.4. The molecule has 2 heterocycles. The van der Waals surface area contributed by atoms with Gasteiger partial charge in [-0.05, 0) is 23.4 Å². The van der Waals surface area contributed by atoms with E-state index in [1.54, 1.807) is 30.3 Å². The Morgan fingerprint density at radius 1 is 1.32 bits per heavy atom. The van der Waals surface area contributed by atoms with E-state index in [9.17, 15) is 9.90 Å². The summed E-state index contributed by atoms with van der Waals surface area (Å²) in [5.41, 5.74) is 3.22. The molecule has 0 amide bonds. The quantitative estimate of drug-likeness (QED) is 0.482. The minimum absolute atomic E-state index is 0.172. The number of hydrogen-bond acceptors (Lipinski definition) is 7. The molecule has 0 bridgehead atoms. The van der Waals surface area contributed by atoms with Gasteiger partial charge in [0, 0.05) is 5.56 Å². The third-order valence-electron chi connectivity index (χ3n) is 2.75. The fraction of sp³-hybridized carbons (Fsp3) is 0. The first-order chi connectivity index (χ1) is 10.7. The van der Waals surface area contributed by atoms with Crippen LogP contribution in [0.4, 0.5) is 5.95 Å². The topological polar surface area (TPSA) is 129 Å². The molecular weight excluding hydrogens is 288 g/mol. The van der Waals surface area contributed by atoms with Crippen molar-refractivity contribution in [1.82, 2.24) is 20.6 Å². The first-order valence-corrected chi connectivity index (χ1v) is 6.19. The van der Waals surface area contributed by atoms with Gasteiger partial charge in [0.15, 0.2) is 0 Å². The van der Waals surface area contributed by atoms with E-state index in [-0.39, 0.29) is 11.5 Å². The van der Waals surface area contributed by atoms with Crippen molar-refractivity contribution in [3.63, 3.8) is 0 Å². The van der Waals surface area contributed by atoms with Crippen LogP contribution in [0.25, 0.3) is 11.3 Å². The number of H-pyrrole nitrogens is 1. The third kappa shape index (κ3) is 2.82. The molecule has 9 nitrogen and oxygen atoms in total. The predicted molar refractivity (Wildman–Crippen MR) is 76.5 cm³/mol. The van der Waals surface area contributed by atoms with Gasteiger partial charge in [0.2, 0.25) is 0 Å². The highest BCUT2D eigenvalue weighted by molar-refractivity contribution is 5.95. The number of furan rings is 1. The first kappa shape index (κ1) is 13.5. The molecule has 2 aromatic heterocycles. The van der Waals surface area contributed by atoms with Gasteiger partial charge in [-0.15, -0.1) is 5.10 Å². The molecule has 22 heavy (non-hydrogen) atoms. The molecular formula is C13H10N6O3. The fourth-order valence-corrected chi connectivity index (χ4v) is 1.81. The van der Waals surface area contributed by atoms with E-state index in [2.05, 4.69) is 31.2 Å². The molecule has 0 unspecified atom stereocenters. The van der Waals surface area contributed by atoms with E-state index in [1.807, 2.05) is 0 Å². The number of hydrogen-bond donors (Lipinski definition) is 3. The number of carbonyl (C=O) groups is 1. The standard InChI is InChI=1S/C13H10N6O3/c20-12(21)10-4-2-1-3-9(10)11-6-5-8(22-11)7-14-15-13-16-18-19-17-13/h1-7H,(H,20,21)(H2,15,16,17,18,19)/b14-7+. The Morgan fingerprint density at radius 3 is 2.95 bits per heavy atom. The average molecular weight is 298 g/mol. The summed E-state index contributed by atoms with van der Waals surface area (Å²) in [7, 11) is 0. The molecule has 9 heteroatoms. The third-order valence-corrected chi connectivity index (χ3v) is 2.75. The van der Waals surface area contributed by atoms with Gasteiger partial charge in [0.25, 0.3) is 5.95 Å². The SMILES string of the molecule is O=C(O)c1ccccc1-c1ccc(/C=N/Nc2nn[nH]n2)o1. The van der Waals surface area contributed by atoms with Crippen LogP contribution < -0.4 is 5.43 Å². The van der Waals surface area contributed by atoms with Gasteiger partial charge >= 0.3 is 5.97 Å². The number of aromatic carboxylic acids is 1. The molecule has 1 aromatic carbocycles. The lowest BCUT2D eigenvalue weighted by Gasteiger charge is -2.01. The number of anilines is 1. The van der Waals surface area contributed by atoms with Gasteiger partial charge < -0.3 is 9.52 Å². The number of rotatable bonds is 5. The second-order valence-electron chi connectivity index (χ2n) is 4.16. The molecule has 0 aliphatic rings. The van der Waals surface area contributed by atoms with Crippen LogP contribution in [-0.4, -0.2) is 37.9 Å². The van der Waals surface area contributed by atoms with Crippen molar-refractivity contribution in [3.8, 4) is 11.3 Å². The minimum atomic E-state index is -1.01. The molecule has 0 atom stereocenters. The Kier molecular flexibility index (Phi) is 3.60. The van der Waals surface area contributed by atoms with Crippen LogP contribution in [0.5, 0.6) is 0 Å². The zero-order valence-electron chi connectivity index (χ0n) is 11.1. The van der Waals surface area contributed by atoms with Crippen LogP contribution in [0, 0.1) is 0 Å². The summed E-state index contributed by atoms with van der Waals surface area (Å²) in [6, 6.07) is 9.96. The molecule has 0 saturated heterocycles. The van der Waals surface area contributed by atoms with E-state index in [0.29, 0.717) is 17.1 Å². The van der Waals surface area contributed by atoms with E-state index >= 15 is 0 Å². The van der Waals surface area contributed by atoms with Crippen LogP contribution in [0.2, 0.25) is 0 Å². The van der Waals surface area contributed by atoms with Crippen LogP contribution in [0.15, 0.2) is 45.9 Å². The summed E-state index contributed by atoms with van der Waals surface area (Å²) in [4.78, 5) is 11.2. The Hall–Kier alpha value is -3.49. The number of carboxylic acids is 1. The minimum Gasteiger partial charge on any atom is -0.478 e. The van der Waals surface area contributed by atoms with E-state index < -0.39 is 5.97 Å². The van der Waals surface area contributed by atoms with Crippen LogP contribution >= 0.6 is 0 Å². The normalized spacial score (nSPS) is 10.9. The van der Waals surface area contributed by atoms with E-state index in [1.165, 1.54) is 12.3 Å². The second kappa shape index (κ2) is 5.87. The largest absolute Gasteiger partial charge is 0.478 e. The predicted octanol–water partition coefficient (Wildman–Crippen LogP) is 1.60. The van der Waals surface area contributed by atoms with Crippen molar-refractivity contribution < 1.29 is 14.3 Å². The molecule has 110 valence electrons. The summed E-state index contributed by atoms with van der Waals surface area (Å²) in [5, 5.41) is 26.0. The second-order valence-corrected chi connectivity index (χ2v) is 4.16. The number of tetrazole rings is 1. The number of hydrazone groups is 1. The van der Waals surface area contributed by atoms with Crippen LogP contribution in [-0.2, 0) is 0 Å². The van der Waals surface area contributed by atoms with E-state index in [0.717, 1.165) is 0 Å². The zero-order chi connectivity index (χ0) is 15.4. The van der Waals surface area contributed by atoms with Crippen molar-refractivity contribution in [3.05, 3.63) is 47.7 Å². The van der Waals surface area contributed by atoms with Gasteiger partial charge in [-0.2, -0.15) is 10.3 Å². The summed E-state index contributed by atoms with van der Waals surface area (Å²) in [5.74, 6) is 0.102. The Labute approximate surface area is 123 Å². The van der Waals surface area contributed by atoms with Gasteiger partial charge in [-0.3, -0.25) is 0 Å². The summed E-state index contributed by atoms with van der Waals surface area (Å²) in [6.07, 6.45) is 1.42. The van der Waals surface area contributed by atoms with Crippen molar-refractivity contribution in [2.75, 3.05) is 5.43 Å². The maximum Gasteiger partial charge on any atom is 0.336 e. The zero-order valence-corrected chi connectivity index (χ0v) is 11.1. The lowest BCUT2D eigenvalue weighted by Crippen LogP contribution is -1.98. The maximum atomic E-state index is 11.2.